The molecule has 0 fully saturated rings. The van der Waals surface area contributed by atoms with Gasteiger partial charge in [-0.05, 0) is 80.7 Å². The predicted octanol–water partition coefficient (Wildman–Crippen LogP) is 7.67. The molecule has 0 saturated heterocycles. The summed E-state index contributed by atoms with van der Waals surface area (Å²) in [5.41, 5.74) is -1.37. The largest absolute Gasteiger partial charge is 0.545 e. The standard InChI is InChI=1S/2C16H36N.C8H6O7S/c2*1-5-9-13-17(14-10-6-2,15-11-7-3)16-12-8-4;9-7(10)4-1-5(8(11)12)3-6(2-4)16(13,14)15/h2*5-16H2,1-4H3;1-3H,(H,9,10)(H,11,12)(H,13,14,15)/q2*+1;/p-2. The van der Waals surface area contributed by atoms with Gasteiger partial charge in [0, 0.05) is 0 Å². The van der Waals surface area contributed by atoms with Gasteiger partial charge in [-0.25, -0.2) is 0 Å². The highest BCUT2D eigenvalue weighted by molar-refractivity contribution is 7.85. The number of carboxylic acid groups (broad SMARTS) is 2. The van der Waals surface area contributed by atoms with E-state index in [4.69, 9.17) is 4.55 Å². The molecule has 0 aliphatic rings. The summed E-state index contributed by atoms with van der Waals surface area (Å²) >= 11 is 0. The number of hydrogen-bond acceptors (Lipinski definition) is 6. The van der Waals surface area contributed by atoms with Crippen LogP contribution in [0.5, 0.6) is 0 Å². The Morgan fingerprint density at radius 3 is 0.820 bits per heavy atom. The topological polar surface area (TPSA) is 135 Å². The van der Waals surface area contributed by atoms with Crippen molar-refractivity contribution in [2.24, 2.45) is 0 Å². The Morgan fingerprint density at radius 2 is 0.680 bits per heavy atom. The highest BCUT2D eigenvalue weighted by Gasteiger charge is 2.25. The molecule has 0 aliphatic carbocycles. The van der Waals surface area contributed by atoms with Crippen LogP contribution in [0.15, 0.2) is 23.1 Å². The van der Waals surface area contributed by atoms with Crippen molar-refractivity contribution < 1.29 is 41.7 Å². The molecule has 0 aromatic heterocycles. The Hall–Kier alpha value is -2.01. The first-order chi connectivity index (χ1) is 23.7. The molecule has 1 rings (SSSR count). The summed E-state index contributed by atoms with van der Waals surface area (Å²) in [7, 11) is -4.70. The zero-order valence-corrected chi connectivity index (χ0v) is 34.2. The van der Waals surface area contributed by atoms with Crippen LogP contribution in [-0.2, 0) is 10.1 Å². The van der Waals surface area contributed by atoms with Crippen molar-refractivity contribution in [3.05, 3.63) is 29.3 Å². The normalized spacial score (nSPS) is 11.7. The van der Waals surface area contributed by atoms with Crippen molar-refractivity contribution in [3.63, 3.8) is 0 Å². The highest BCUT2D eigenvalue weighted by atomic mass is 32.2. The fourth-order valence-electron chi connectivity index (χ4n) is 6.27. The Balaban J connectivity index is 0. The van der Waals surface area contributed by atoms with Crippen molar-refractivity contribution in [1.29, 1.82) is 0 Å². The minimum Gasteiger partial charge on any atom is -0.545 e. The Bertz CT molecular complexity index is 981. The zero-order valence-electron chi connectivity index (χ0n) is 33.4. The molecule has 0 spiro atoms. The number of hydrogen-bond donors (Lipinski definition) is 1. The molecule has 1 aromatic carbocycles. The average molecular weight is 729 g/mol. The molecule has 0 unspecified atom stereocenters. The fraction of sp³-hybridized carbons (Fsp3) is 0.800. The van der Waals surface area contributed by atoms with Crippen LogP contribution >= 0.6 is 0 Å². The predicted molar refractivity (Wildman–Crippen MR) is 204 cm³/mol. The van der Waals surface area contributed by atoms with Gasteiger partial charge in [-0.15, -0.1) is 0 Å². The lowest BCUT2D eigenvalue weighted by molar-refractivity contribution is -0.929. The van der Waals surface area contributed by atoms with Gasteiger partial charge in [-0.2, -0.15) is 8.42 Å². The van der Waals surface area contributed by atoms with E-state index in [0.29, 0.717) is 18.2 Å². The third-order valence-electron chi connectivity index (χ3n) is 9.56. The second kappa shape index (κ2) is 29.6. The molecular formula is C40H76N2O7S. The second-order valence-corrected chi connectivity index (χ2v) is 15.5. The maximum absolute atomic E-state index is 10.7. The quantitative estimate of drug-likeness (QED) is 0.0726. The number of carbonyl (C=O) groups excluding carboxylic acids is 2. The molecule has 10 heteroatoms. The van der Waals surface area contributed by atoms with Gasteiger partial charge in [-0.3, -0.25) is 4.55 Å². The van der Waals surface area contributed by atoms with Gasteiger partial charge in [0.05, 0.1) is 69.2 Å². The summed E-state index contributed by atoms with van der Waals surface area (Å²) in [6, 6.07) is 1.83. The third-order valence-corrected chi connectivity index (χ3v) is 10.4. The number of unbranched alkanes of at least 4 members (excludes halogenated alkanes) is 8. The lowest BCUT2D eigenvalue weighted by Crippen LogP contribution is -2.50. The molecule has 0 bridgehead atoms. The molecule has 0 saturated carbocycles. The summed E-state index contributed by atoms with van der Waals surface area (Å²) in [6.07, 6.45) is 22.1. The zero-order chi connectivity index (χ0) is 38.5. The number of carboxylic acids is 2. The van der Waals surface area contributed by atoms with Crippen LogP contribution in [0.2, 0.25) is 0 Å². The molecule has 9 nitrogen and oxygen atoms in total. The van der Waals surface area contributed by atoms with Crippen LogP contribution in [0.3, 0.4) is 0 Å². The van der Waals surface area contributed by atoms with Crippen molar-refractivity contribution in [2.45, 2.75) is 163 Å². The van der Waals surface area contributed by atoms with Gasteiger partial charge in [-0.1, -0.05) is 107 Å². The van der Waals surface area contributed by atoms with Crippen LogP contribution in [0.1, 0.15) is 179 Å². The van der Waals surface area contributed by atoms with Gasteiger partial charge in [0.1, 0.15) is 0 Å². The number of nitrogens with zero attached hydrogens (tertiary/aromatic N) is 2. The van der Waals surface area contributed by atoms with Crippen molar-refractivity contribution in [1.82, 2.24) is 0 Å². The highest BCUT2D eigenvalue weighted by Crippen LogP contribution is 2.18. The van der Waals surface area contributed by atoms with Crippen molar-refractivity contribution >= 4 is 22.1 Å². The summed E-state index contributed by atoms with van der Waals surface area (Å²) in [5, 5.41) is 20.9. The van der Waals surface area contributed by atoms with Crippen LogP contribution < -0.4 is 10.2 Å². The minimum absolute atomic E-state index is 0.580. The minimum atomic E-state index is -4.70. The molecule has 1 N–H and O–H groups in total. The Labute approximate surface area is 307 Å². The first-order valence-corrected chi connectivity index (χ1v) is 21.4. The lowest BCUT2D eigenvalue weighted by atomic mass is 10.1. The number of carbonyl (C=O) groups is 2. The van der Waals surface area contributed by atoms with E-state index < -0.39 is 38.1 Å². The van der Waals surface area contributed by atoms with E-state index in [0.717, 1.165) is 0 Å². The molecule has 0 amide bonds. The first-order valence-electron chi connectivity index (χ1n) is 20.0. The van der Waals surface area contributed by atoms with Crippen LogP contribution in [-0.4, -0.2) is 86.2 Å². The van der Waals surface area contributed by atoms with E-state index in [1.54, 1.807) is 0 Å². The molecule has 0 aliphatic heterocycles. The summed E-state index contributed by atoms with van der Waals surface area (Å²) in [4.78, 5) is 20.1. The molecule has 0 radical (unpaired) electrons. The number of aromatic carboxylic acids is 2. The molecular weight excluding hydrogens is 653 g/mol. The van der Waals surface area contributed by atoms with Gasteiger partial charge < -0.3 is 28.8 Å². The maximum atomic E-state index is 10.7. The average Bonchev–Trinajstić information content (AvgIpc) is 3.10. The molecule has 0 heterocycles. The number of rotatable bonds is 27. The SMILES string of the molecule is CCCC[N+](CCCC)(CCCC)CCCC.CCCC[N+](CCCC)(CCCC)CCCC.O=C([O-])c1cc(C(=O)[O-])cc(S(=O)(=O)O)c1. The second-order valence-electron chi connectivity index (χ2n) is 14.1. The first kappa shape index (κ1) is 50.1. The van der Waals surface area contributed by atoms with Crippen molar-refractivity contribution in [3.8, 4) is 0 Å². The van der Waals surface area contributed by atoms with E-state index in [9.17, 15) is 28.2 Å². The van der Waals surface area contributed by atoms with Crippen molar-refractivity contribution in [2.75, 3.05) is 52.4 Å². The van der Waals surface area contributed by atoms with E-state index in [1.807, 2.05) is 0 Å². The Morgan fingerprint density at radius 1 is 0.480 bits per heavy atom. The van der Waals surface area contributed by atoms with Gasteiger partial charge in [0.15, 0.2) is 0 Å². The van der Waals surface area contributed by atoms with Crippen LogP contribution in [0.25, 0.3) is 0 Å². The summed E-state index contributed by atoms with van der Waals surface area (Å²) in [5.74, 6) is -3.54. The number of benzene rings is 1. The summed E-state index contributed by atoms with van der Waals surface area (Å²) in [6.45, 7) is 30.0. The summed E-state index contributed by atoms with van der Waals surface area (Å²) < 4.78 is 32.9. The molecule has 1 aromatic rings. The van der Waals surface area contributed by atoms with Gasteiger partial charge in [0.2, 0.25) is 0 Å². The lowest BCUT2D eigenvalue weighted by Gasteiger charge is -2.39. The monoisotopic (exact) mass is 729 g/mol. The molecule has 294 valence electrons. The van der Waals surface area contributed by atoms with Gasteiger partial charge >= 0.3 is 0 Å². The molecule has 50 heavy (non-hydrogen) atoms. The van der Waals surface area contributed by atoms with E-state index in [1.165, 1.54) is 164 Å². The van der Waals surface area contributed by atoms with E-state index >= 15 is 0 Å². The van der Waals surface area contributed by atoms with E-state index in [-0.39, 0.29) is 0 Å². The maximum Gasteiger partial charge on any atom is 0.294 e. The smallest absolute Gasteiger partial charge is 0.294 e. The Kier molecular flexibility index (Phi) is 29.6. The fourth-order valence-corrected chi connectivity index (χ4v) is 6.83. The van der Waals surface area contributed by atoms with Crippen LogP contribution in [0.4, 0.5) is 0 Å². The van der Waals surface area contributed by atoms with E-state index in [2.05, 4.69) is 55.4 Å². The number of quaternary nitrogens is 2. The third kappa shape index (κ3) is 22.7. The van der Waals surface area contributed by atoms with Crippen LogP contribution in [0, 0.1) is 0 Å². The molecule has 0 atom stereocenters. The van der Waals surface area contributed by atoms with Gasteiger partial charge in [0.25, 0.3) is 10.1 Å².